The van der Waals surface area contributed by atoms with E-state index in [2.05, 4.69) is 14.9 Å². The molecule has 0 spiro atoms. The molecule has 9 heteroatoms. The number of nitrogens with zero attached hydrogens (tertiary/aromatic N) is 2. The van der Waals surface area contributed by atoms with Crippen LogP contribution in [0.2, 0.25) is 0 Å². The zero-order valence-corrected chi connectivity index (χ0v) is 20.3. The summed E-state index contributed by atoms with van der Waals surface area (Å²) in [6, 6.07) is 19.8. The van der Waals surface area contributed by atoms with E-state index >= 15 is 0 Å². The molecule has 5 rings (SSSR count). The van der Waals surface area contributed by atoms with E-state index < -0.39 is 10.0 Å². The van der Waals surface area contributed by atoms with Crippen molar-refractivity contribution in [2.24, 2.45) is 0 Å². The van der Waals surface area contributed by atoms with Gasteiger partial charge in [-0.1, -0.05) is 17.3 Å². The molecule has 0 unspecified atom stereocenters. The molecule has 0 aliphatic rings. The molecule has 0 saturated carbocycles. The number of anilines is 1. The van der Waals surface area contributed by atoms with Gasteiger partial charge in [-0.2, -0.15) is 4.98 Å². The summed E-state index contributed by atoms with van der Waals surface area (Å²) in [6.45, 7) is 3.74. The van der Waals surface area contributed by atoms with Crippen LogP contribution in [0, 0.1) is 13.8 Å². The van der Waals surface area contributed by atoms with Gasteiger partial charge in [-0.25, -0.2) is 8.42 Å². The molecule has 1 N–H and O–H groups in total. The molecule has 2 aromatic heterocycles. The Labute approximate surface area is 201 Å². The van der Waals surface area contributed by atoms with Gasteiger partial charge in [-0.3, -0.25) is 4.72 Å². The maximum Gasteiger partial charge on any atom is 0.294 e. The number of aryl methyl sites for hydroxylation is 2. The molecule has 172 valence electrons. The number of rotatable bonds is 6. The van der Waals surface area contributed by atoms with E-state index in [1.165, 1.54) is 6.07 Å². The molecule has 0 fully saturated rings. The Kier molecular flexibility index (Phi) is 5.66. The van der Waals surface area contributed by atoms with E-state index in [0.717, 1.165) is 21.6 Å². The molecule has 34 heavy (non-hydrogen) atoms. The monoisotopic (exact) mass is 491 g/mol. The fourth-order valence-electron chi connectivity index (χ4n) is 3.67. The van der Waals surface area contributed by atoms with Crippen LogP contribution < -0.4 is 4.72 Å². The lowest BCUT2D eigenvalue weighted by atomic mass is 10.1. The first-order valence-electron chi connectivity index (χ1n) is 10.5. The number of benzene rings is 3. The van der Waals surface area contributed by atoms with E-state index in [1.54, 1.807) is 42.1 Å². The molecule has 0 saturated heterocycles. The lowest BCUT2D eigenvalue weighted by Crippen LogP contribution is -2.12. The lowest BCUT2D eigenvalue weighted by Gasteiger charge is -2.08. The Morgan fingerprint density at radius 2 is 1.76 bits per heavy atom. The highest BCUT2D eigenvalue weighted by Crippen LogP contribution is 2.34. The molecular weight excluding hydrogens is 470 g/mol. The first-order chi connectivity index (χ1) is 16.3. The summed E-state index contributed by atoms with van der Waals surface area (Å²) in [5, 5.41) is 4.74. The maximum absolute atomic E-state index is 13.0. The van der Waals surface area contributed by atoms with E-state index in [4.69, 9.17) is 8.94 Å². The third-order valence-electron chi connectivity index (χ3n) is 5.46. The van der Waals surface area contributed by atoms with Gasteiger partial charge in [0.05, 0.1) is 4.90 Å². The summed E-state index contributed by atoms with van der Waals surface area (Å²) in [7, 11) is -3.78. The van der Waals surface area contributed by atoms with Crippen molar-refractivity contribution in [1.29, 1.82) is 0 Å². The van der Waals surface area contributed by atoms with Gasteiger partial charge in [-0.15, -0.1) is 11.8 Å². The summed E-state index contributed by atoms with van der Waals surface area (Å²) in [5.74, 6) is 1.10. The summed E-state index contributed by atoms with van der Waals surface area (Å²) < 4.78 is 40.0. The molecule has 0 radical (unpaired) electrons. The predicted molar refractivity (Wildman–Crippen MR) is 133 cm³/mol. The van der Waals surface area contributed by atoms with Gasteiger partial charge in [0.2, 0.25) is 5.82 Å². The Balaban J connectivity index is 1.48. The van der Waals surface area contributed by atoms with Gasteiger partial charge < -0.3 is 8.94 Å². The number of aromatic nitrogens is 2. The second-order valence-electron chi connectivity index (χ2n) is 7.84. The second kappa shape index (κ2) is 8.66. The Morgan fingerprint density at radius 3 is 2.50 bits per heavy atom. The number of furan rings is 1. The van der Waals surface area contributed by atoms with Crippen molar-refractivity contribution in [1.82, 2.24) is 10.1 Å². The summed E-state index contributed by atoms with van der Waals surface area (Å²) in [5.41, 5.74) is 3.55. The van der Waals surface area contributed by atoms with Crippen molar-refractivity contribution in [3.05, 3.63) is 77.9 Å². The molecule has 2 heterocycles. The number of hydrogen-bond donors (Lipinski definition) is 1. The topological polar surface area (TPSA) is 98.2 Å². The van der Waals surface area contributed by atoms with Gasteiger partial charge in [0.25, 0.3) is 15.9 Å². The van der Waals surface area contributed by atoms with E-state index in [1.807, 2.05) is 50.4 Å². The fourth-order valence-corrected chi connectivity index (χ4v) is 5.15. The SMILES string of the molecule is CSc1ccc(-c2noc(-c3oc4ccc(S(=O)(=O)Nc5cccc(C)c5)cc4c3C)n2)cc1. The average Bonchev–Trinajstić information content (AvgIpc) is 3.43. The number of nitrogens with one attached hydrogen (secondary N) is 1. The highest BCUT2D eigenvalue weighted by atomic mass is 32.2. The van der Waals surface area contributed by atoms with Crippen LogP contribution in [0.4, 0.5) is 5.69 Å². The van der Waals surface area contributed by atoms with Gasteiger partial charge in [0, 0.05) is 27.1 Å². The predicted octanol–water partition coefficient (Wildman–Crippen LogP) is 6.29. The van der Waals surface area contributed by atoms with Crippen LogP contribution in [-0.2, 0) is 10.0 Å². The second-order valence-corrected chi connectivity index (χ2v) is 10.4. The normalized spacial score (nSPS) is 11.7. The van der Waals surface area contributed by atoms with Gasteiger partial charge in [0.1, 0.15) is 5.58 Å². The first-order valence-corrected chi connectivity index (χ1v) is 13.2. The summed E-state index contributed by atoms with van der Waals surface area (Å²) in [6.07, 6.45) is 2.02. The first kappa shape index (κ1) is 22.2. The van der Waals surface area contributed by atoms with Crippen molar-refractivity contribution in [3.63, 3.8) is 0 Å². The zero-order chi connectivity index (χ0) is 23.9. The smallest absolute Gasteiger partial charge is 0.294 e. The van der Waals surface area contributed by atoms with Gasteiger partial charge >= 0.3 is 0 Å². The van der Waals surface area contributed by atoms with Crippen LogP contribution in [0.3, 0.4) is 0 Å². The number of sulfonamides is 1. The van der Waals surface area contributed by atoms with Crippen molar-refractivity contribution >= 4 is 38.4 Å². The minimum absolute atomic E-state index is 0.136. The third kappa shape index (κ3) is 4.20. The van der Waals surface area contributed by atoms with Crippen LogP contribution in [0.25, 0.3) is 34.0 Å². The standard InChI is InChI=1S/C25H21N3O4S2/c1-15-5-4-6-18(13-15)28-34(29,30)20-11-12-22-21(14-20)16(2)23(31-22)25-26-24(27-32-25)17-7-9-19(33-3)10-8-17/h4-14,28H,1-3H3. The van der Waals surface area contributed by atoms with Crippen molar-refractivity contribution < 1.29 is 17.4 Å². The number of hydrogen-bond acceptors (Lipinski definition) is 7. The third-order valence-corrected chi connectivity index (χ3v) is 7.58. The summed E-state index contributed by atoms with van der Waals surface area (Å²) >= 11 is 1.66. The van der Waals surface area contributed by atoms with Crippen molar-refractivity contribution in [2.45, 2.75) is 23.6 Å². The Morgan fingerprint density at radius 1 is 0.971 bits per heavy atom. The number of fused-ring (bicyclic) bond motifs is 1. The maximum atomic E-state index is 13.0. The summed E-state index contributed by atoms with van der Waals surface area (Å²) in [4.78, 5) is 5.77. The Bertz CT molecular complexity index is 1600. The van der Waals surface area contributed by atoms with E-state index in [0.29, 0.717) is 28.2 Å². The zero-order valence-electron chi connectivity index (χ0n) is 18.7. The number of thioether (sulfide) groups is 1. The molecule has 0 bridgehead atoms. The van der Waals surface area contributed by atoms with Crippen LogP contribution in [0.15, 0.2) is 85.5 Å². The van der Waals surface area contributed by atoms with Crippen LogP contribution in [-0.4, -0.2) is 24.8 Å². The molecule has 0 amide bonds. The van der Waals surface area contributed by atoms with Crippen molar-refractivity contribution in [3.8, 4) is 23.0 Å². The fraction of sp³-hybridized carbons (Fsp3) is 0.120. The quantitative estimate of drug-likeness (QED) is 0.279. The Hall–Kier alpha value is -3.56. The van der Waals surface area contributed by atoms with E-state index in [9.17, 15) is 8.42 Å². The molecule has 0 aliphatic heterocycles. The highest BCUT2D eigenvalue weighted by molar-refractivity contribution is 7.98. The van der Waals surface area contributed by atoms with Crippen LogP contribution in [0.5, 0.6) is 0 Å². The molecule has 0 atom stereocenters. The molecule has 7 nitrogen and oxygen atoms in total. The van der Waals surface area contributed by atoms with Crippen LogP contribution >= 0.6 is 11.8 Å². The average molecular weight is 492 g/mol. The largest absolute Gasteiger partial charge is 0.451 e. The molecule has 0 aliphatic carbocycles. The van der Waals surface area contributed by atoms with Gasteiger partial charge in [-0.05, 0) is 80.3 Å². The van der Waals surface area contributed by atoms with Gasteiger partial charge in [0.15, 0.2) is 5.76 Å². The minimum Gasteiger partial charge on any atom is -0.451 e. The molecular formula is C25H21N3O4S2. The molecule has 5 aromatic rings. The minimum atomic E-state index is -3.78. The van der Waals surface area contributed by atoms with Crippen molar-refractivity contribution in [2.75, 3.05) is 11.0 Å². The van der Waals surface area contributed by atoms with E-state index in [-0.39, 0.29) is 10.8 Å². The lowest BCUT2D eigenvalue weighted by molar-refractivity contribution is 0.419. The van der Waals surface area contributed by atoms with Crippen LogP contribution in [0.1, 0.15) is 11.1 Å². The molecule has 3 aromatic carbocycles. The highest BCUT2D eigenvalue weighted by Gasteiger charge is 2.22.